The Kier molecular flexibility index (Phi) is 6.46. The molecule has 0 aliphatic heterocycles. The van der Waals surface area contributed by atoms with Gasteiger partial charge in [0.25, 0.3) is 0 Å². The minimum atomic E-state index is -0.405. The Labute approximate surface area is 173 Å². The van der Waals surface area contributed by atoms with E-state index in [1.165, 1.54) is 6.21 Å². The first-order valence-electron chi connectivity index (χ1n) is 9.02. The van der Waals surface area contributed by atoms with Crippen molar-refractivity contribution in [2.24, 2.45) is 5.10 Å². The van der Waals surface area contributed by atoms with Crippen LogP contribution in [-0.4, -0.2) is 23.1 Å². The zero-order chi connectivity index (χ0) is 20.8. The van der Waals surface area contributed by atoms with Gasteiger partial charge in [-0.15, -0.1) is 0 Å². The molecule has 7 heteroatoms. The zero-order valence-corrected chi connectivity index (χ0v) is 16.5. The predicted molar refractivity (Wildman–Crippen MR) is 115 cm³/mol. The number of rotatable bonds is 6. The number of carbonyl (C=O) groups excluding carboxylic acids is 2. The highest BCUT2D eigenvalue weighted by Crippen LogP contribution is 2.25. The van der Waals surface area contributed by atoms with E-state index in [1.54, 1.807) is 24.3 Å². The quantitative estimate of drug-likeness (QED) is 0.417. The molecule has 3 aromatic carbocycles. The molecule has 3 N–H and O–H groups in total. The molecule has 0 bridgehead atoms. The van der Waals surface area contributed by atoms with Crippen LogP contribution in [0.1, 0.15) is 24.0 Å². The number of anilines is 1. The Morgan fingerprint density at radius 1 is 1.07 bits per heavy atom. The smallest absolute Gasteiger partial charge is 0.240 e. The van der Waals surface area contributed by atoms with Crippen molar-refractivity contribution in [1.82, 2.24) is 5.43 Å². The third kappa shape index (κ3) is 5.33. The van der Waals surface area contributed by atoms with Crippen molar-refractivity contribution >= 4 is 46.1 Å². The number of benzene rings is 3. The molecule has 2 amide bonds. The fourth-order valence-corrected chi connectivity index (χ4v) is 2.95. The highest BCUT2D eigenvalue weighted by molar-refractivity contribution is 6.31. The highest BCUT2D eigenvalue weighted by atomic mass is 35.5. The number of hydrogen-bond acceptors (Lipinski definition) is 4. The second kappa shape index (κ2) is 9.21. The van der Waals surface area contributed by atoms with Crippen LogP contribution < -0.4 is 10.7 Å². The molecule has 0 saturated carbocycles. The molecule has 148 valence electrons. The van der Waals surface area contributed by atoms with Crippen LogP contribution in [0.4, 0.5) is 5.69 Å². The number of aryl methyl sites for hydroxylation is 1. The summed E-state index contributed by atoms with van der Waals surface area (Å²) in [7, 11) is 0. The fourth-order valence-electron chi connectivity index (χ4n) is 2.77. The van der Waals surface area contributed by atoms with Gasteiger partial charge in [0.15, 0.2) is 0 Å². The van der Waals surface area contributed by atoms with Crippen LogP contribution >= 0.6 is 11.6 Å². The molecule has 0 heterocycles. The van der Waals surface area contributed by atoms with Gasteiger partial charge in [-0.3, -0.25) is 9.59 Å². The fraction of sp³-hybridized carbons (Fsp3) is 0.136. The largest absolute Gasteiger partial charge is 0.507 e. The normalized spacial score (nSPS) is 11.0. The van der Waals surface area contributed by atoms with Crippen LogP contribution in [0.3, 0.4) is 0 Å². The van der Waals surface area contributed by atoms with Crippen molar-refractivity contribution in [3.05, 3.63) is 70.7 Å². The number of phenols is 1. The van der Waals surface area contributed by atoms with Crippen LogP contribution in [0, 0.1) is 6.92 Å². The van der Waals surface area contributed by atoms with Crippen molar-refractivity contribution in [2.45, 2.75) is 19.8 Å². The van der Waals surface area contributed by atoms with E-state index in [0.717, 1.165) is 16.3 Å². The zero-order valence-electron chi connectivity index (χ0n) is 15.8. The van der Waals surface area contributed by atoms with Gasteiger partial charge in [0.2, 0.25) is 11.8 Å². The summed E-state index contributed by atoms with van der Waals surface area (Å²) in [4.78, 5) is 23.9. The first kappa shape index (κ1) is 20.4. The number of fused-ring (bicyclic) bond motifs is 1. The number of amides is 2. The van der Waals surface area contributed by atoms with Crippen molar-refractivity contribution < 1.29 is 14.7 Å². The number of nitrogens with one attached hydrogen (secondary N) is 2. The number of carbonyl (C=O) groups is 2. The Morgan fingerprint density at radius 2 is 1.83 bits per heavy atom. The summed E-state index contributed by atoms with van der Waals surface area (Å²) < 4.78 is 0. The van der Waals surface area contributed by atoms with E-state index in [-0.39, 0.29) is 24.5 Å². The topological polar surface area (TPSA) is 90.8 Å². The molecular formula is C22H20ClN3O3. The molecule has 0 unspecified atom stereocenters. The van der Waals surface area contributed by atoms with Crippen molar-refractivity contribution in [1.29, 1.82) is 0 Å². The number of halogens is 1. The summed E-state index contributed by atoms with van der Waals surface area (Å²) >= 11 is 6.03. The molecule has 3 rings (SSSR count). The van der Waals surface area contributed by atoms with Crippen molar-refractivity contribution in [2.75, 3.05) is 5.32 Å². The maximum atomic E-state index is 12.0. The van der Waals surface area contributed by atoms with E-state index >= 15 is 0 Å². The lowest BCUT2D eigenvalue weighted by molar-refractivity contribution is -0.124. The maximum Gasteiger partial charge on any atom is 0.240 e. The predicted octanol–water partition coefficient (Wildman–Crippen LogP) is 4.38. The van der Waals surface area contributed by atoms with E-state index in [1.807, 2.05) is 37.3 Å². The monoisotopic (exact) mass is 409 g/mol. The van der Waals surface area contributed by atoms with E-state index in [2.05, 4.69) is 15.8 Å². The molecule has 3 aromatic rings. The lowest BCUT2D eigenvalue weighted by atomic mass is 10.0. The van der Waals surface area contributed by atoms with Gasteiger partial charge in [0.05, 0.1) is 6.21 Å². The lowest BCUT2D eigenvalue weighted by Crippen LogP contribution is -2.20. The summed E-state index contributed by atoms with van der Waals surface area (Å²) in [5, 5.41) is 19.0. The Hall–Kier alpha value is -3.38. The molecular weight excluding hydrogens is 390 g/mol. The highest BCUT2D eigenvalue weighted by Gasteiger charge is 2.08. The average molecular weight is 410 g/mol. The molecule has 0 spiro atoms. The summed E-state index contributed by atoms with van der Waals surface area (Å²) in [6, 6.07) is 16.1. The third-order valence-electron chi connectivity index (χ3n) is 4.37. The SMILES string of the molecule is Cc1ccc(NC(=O)CCC(=O)NN=Cc2c(O)ccc3ccccc23)cc1Cl. The second-order valence-corrected chi connectivity index (χ2v) is 6.93. The summed E-state index contributed by atoms with van der Waals surface area (Å²) in [6.45, 7) is 1.87. The first-order valence-corrected chi connectivity index (χ1v) is 9.40. The van der Waals surface area contributed by atoms with Gasteiger partial charge in [0.1, 0.15) is 5.75 Å². The molecule has 0 atom stereocenters. The number of hydrogen-bond donors (Lipinski definition) is 3. The Balaban J connectivity index is 1.53. The molecule has 0 aromatic heterocycles. The van der Waals surface area contributed by atoms with Crippen molar-refractivity contribution in [3.63, 3.8) is 0 Å². The average Bonchev–Trinajstić information content (AvgIpc) is 2.71. The molecule has 0 saturated heterocycles. The van der Waals surface area contributed by atoms with E-state index in [9.17, 15) is 14.7 Å². The number of phenolic OH excluding ortho intramolecular Hbond substituents is 1. The molecule has 0 fully saturated rings. The molecule has 0 aliphatic rings. The molecule has 6 nitrogen and oxygen atoms in total. The molecule has 29 heavy (non-hydrogen) atoms. The van der Waals surface area contributed by atoms with Crippen LogP contribution in [0.2, 0.25) is 5.02 Å². The Morgan fingerprint density at radius 3 is 2.62 bits per heavy atom. The van der Waals surface area contributed by atoms with Gasteiger partial charge in [-0.05, 0) is 41.5 Å². The number of hydrazone groups is 1. The van der Waals surface area contributed by atoms with Gasteiger partial charge >= 0.3 is 0 Å². The van der Waals surface area contributed by atoms with Gasteiger partial charge in [-0.25, -0.2) is 5.43 Å². The van der Waals surface area contributed by atoms with Crippen LogP contribution in [0.5, 0.6) is 5.75 Å². The number of nitrogens with zero attached hydrogens (tertiary/aromatic N) is 1. The van der Waals surface area contributed by atoms with Gasteiger partial charge in [-0.1, -0.05) is 48.0 Å². The molecule has 0 radical (unpaired) electrons. The first-order chi connectivity index (χ1) is 13.9. The standard InChI is InChI=1S/C22H20ClN3O3/c1-14-6-8-16(12-19(14)23)25-21(28)10-11-22(29)26-24-13-18-17-5-3-2-4-15(17)7-9-20(18)27/h2-9,12-13,27H,10-11H2,1H3,(H,25,28)(H,26,29). The summed E-state index contributed by atoms with van der Waals surface area (Å²) in [6.07, 6.45) is 1.38. The van der Waals surface area contributed by atoms with E-state index in [0.29, 0.717) is 16.3 Å². The van der Waals surface area contributed by atoms with Crippen LogP contribution in [0.15, 0.2) is 59.7 Å². The second-order valence-electron chi connectivity index (χ2n) is 6.52. The minimum absolute atomic E-state index is 0.00632. The Bertz CT molecular complexity index is 1100. The number of aromatic hydroxyl groups is 1. The third-order valence-corrected chi connectivity index (χ3v) is 4.77. The van der Waals surface area contributed by atoms with Gasteiger partial charge in [-0.2, -0.15) is 5.10 Å². The maximum absolute atomic E-state index is 12.0. The van der Waals surface area contributed by atoms with Crippen molar-refractivity contribution in [3.8, 4) is 5.75 Å². The van der Waals surface area contributed by atoms with E-state index in [4.69, 9.17) is 11.6 Å². The van der Waals surface area contributed by atoms with Gasteiger partial charge in [0, 0.05) is 29.1 Å². The minimum Gasteiger partial charge on any atom is -0.507 e. The van der Waals surface area contributed by atoms with Crippen LogP contribution in [-0.2, 0) is 9.59 Å². The lowest BCUT2D eigenvalue weighted by Gasteiger charge is -2.07. The van der Waals surface area contributed by atoms with Gasteiger partial charge < -0.3 is 10.4 Å². The summed E-state index contributed by atoms with van der Waals surface area (Å²) in [5.41, 5.74) is 4.38. The molecule has 0 aliphatic carbocycles. The summed E-state index contributed by atoms with van der Waals surface area (Å²) in [5.74, 6) is -0.633. The van der Waals surface area contributed by atoms with Crippen LogP contribution in [0.25, 0.3) is 10.8 Å². The van der Waals surface area contributed by atoms with E-state index < -0.39 is 5.91 Å².